The van der Waals surface area contributed by atoms with Gasteiger partial charge in [-0.1, -0.05) is 104 Å². The molecule has 0 N–H and O–H groups in total. The van der Waals surface area contributed by atoms with E-state index in [0.717, 1.165) is 31.6 Å². The van der Waals surface area contributed by atoms with Crippen molar-refractivity contribution in [1.82, 2.24) is 4.90 Å². The van der Waals surface area contributed by atoms with E-state index in [2.05, 4.69) is 107 Å². The lowest BCUT2D eigenvalue weighted by atomic mass is 10.0. The molecule has 0 heterocycles. The van der Waals surface area contributed by atoms with Gasteiger partial charge in [-0.15, -0.1) is 11.8 Å². The number of hydrogen-bond donors (Lipinski definition) is 0. The van der Waals surface area contributed by atoms with Gasteiger partial charge in [0, 0.05) is 17.2 Å². The fourth-order valence-corrected chi connectivity index (χ4v) is 5.48. The largest absolute Gasteiger partial charge is 0.299 e. The average Bonchev–Trinajstić information content (AvgIpc) is 2.90. The van der Waals surface area contributed by atoms with Crippen LogP contribution in [0, 0.1) is 6.07 Å². The summed E-state index contributed by atoms with van der Waals surface area (Å²) in [4.78, 5) is 3.86. The van der Waals surface area contributed by atoms with Crippen LogP contribution < -0.4 is 0 Å². The van der Waals surface area contributed by atoms with Gasteiger partial charge < -0.3 is 0 Å². The van der Waals surface area contributed by atoms with E-state index in [1.54, 1.807) is 0 Å². The minimum absolute atomic E-state index is 0.991. The topological polar surface area (TPSA) is 3.24 Å². The molecule has 0 unspecified atom stereocenters. The molecule has 0 atom stereocenters. The zero-order valence-corrected chi connectivity index (χ0v) is 25.9. The van der Waals surface area contributed by atoms with Crippen molar-refractivity contribution >= 4 is 11.8 Å². The van der Waals surface area contributed by atoms with E-state index in [1.165, 1.54) is 83.5 Å². The van der Waals surface area contributed by atoms with Crippen molar-refractivity contribution < 1.29 is 0 Å². The fraction of sp³-hybridized carbons (Fsp3) is 0.500. The van der Waals surface area contributed by atoms with E-state index in [9.17, 15) is 0 Å². The summed E-state index contributed by atoms with van der Waals surface area (Å²) >= 11 is 1.89. The zero-order chi connectivity index (χ0) is 27.6. The number of hydrogen-bond acceptors (Lipinski definition) is 2. The van der Waals surface area contributed by atoms with Crippen LogP contribution >= 0.6 is 11.8 Å². The van der Waals surface area contributed by atoms with Gasteiger partial charge in [0.2, 0.25) is 0 Å². The normalized spacial score (nSPS) is 12.3. The van der Waals surface area contributed by atoms with Gasteiger partial charge in [-0.3, -0.25) is 4.90 Å². The second-order valence-corrected chi connectivity index (χ2v) is 11.9. The predicted molar refractivity (Wildman–Crippen MR) is 172 cm³/mol. The number of allylic oxidation sites excluding steroid dienone is 5. The number of nitrogens with zero attached hydrogens (tertiary/aromatic N) is 1. The first-order valence-corrected chi connectivity index (χ1v) is 15.8. The third kappa shape index (κ3) is 13.2. The lowest BCUT2D eigenvalue weighted by Gasteiger charge is -2.22. The van der Waals surface area contributed by atoms with Crippen molar-refractivity contribution in [1.29, 1.82) is 0 Å². The predicted octanol–water partition coefficient (Wildman–Crippen LogP) is 11.1. The van der Waals surface area contributed by atoms with E-state index in [1.807, 2.05) is 17.8 Å². The molecular formula is C36H52NS. The van der Waals surface area contributed by atoms with E-state index in [4.69, 9.17) is 0 Å². The molecule has 0 saturated carbocycles. The molecule has 2 rings (SSSR count). The fourth-order valence-electron chi connectivity index (χ4n) is 4.46. The highest BCUT2D eigenvalue weighted by molar-refractivity contribution is 7.99. The second kappa shape index (κ2) is 19.1. The van der Waals surface area contributed by atoms with E-state index < -0.39 is 0 Å². The summed E-state index contributed by atoms with van der Waals surface area (Å²) in [6.07, 6.45) is 16.8. The summed E-state index contributed by atoms with van der Waals surface area (Å²) in [7, 11) is 0. The van der Waals surface area contributed by atoms with Crippen molar-refractivity contribution in [3.63, 3.8) is 0 Å². The Morgan fingerprint density at radius 2 is 1.45 bits per heavy atom. The Morgan fingerprint density at radius 1 is 0.816 bits per heavy atom. The maximum Gasteiger partial charge on any atom is 0.0233 e. The standard InChI is InChI=1S/C36H52NS/c1-7-9-26-37(27-10-8-2)29-33-21-23-34(24-22-33)35-19-11-12-20-36(35)38-28-25-32(6)18-14-17-31(5)16-13-15-30(3)4/h11-12,15,17,19,21-25H,7-10,13-14,16,18,26-29H2,1-6H3/b31-17+,32-25+. The van der Waals surface area contributed by atoms with Crippen LogP contribution in [0.25, 0.3) is 11.1 Å². The van der Waals surface area contributed by atoms with Gasteiger partial charge >= 0.3 is 0 Å². The molecule has 0 aliphatic carbocycles. The maximum absolute atomic E-state index is 3.50. The Hall–Kier alpha value is -2.03. The third-order valence-electron chi connectivity index (χ3n) is 6.93. The third-order valence-corrected chi connectivity index (χ3v) is 7.89. The minimum atomic E-state index is 0.991. The van der Waals surface area contributed by atoms with Crippen LogP contribution in [-0.4, -0.2) is 23.7 Å². The highest BCUT2D eigenvalue weighted by Gasteiger charge is 2.08. The monoisotopic (exact) mass is 530 g/mol. The molecule has 2 heteroatoms. The number of thioether (sulfide) groups is 1. The van der Waals surface area contributed by atoms with Crippen LogP contribution in [0.4, 0.5) is 0 Å². The van der Waals surface area contributed by atoms with Gasteiger partial charge in [-0.25, -0.2) is 0 Å². The van der Waals surface area contributed by atoms with Gasteiger partial charge in [-0.2, -0.15) is 0 Å². The Morgan fingerprint density at radius 3 is 2.08 bits per heavy atom. The summed E-state index contributed by atoms with van der Waals surface area (Å²) < 4.78 is 0. The van der Waals surface area contributed by atoms with Crippen LogP contribution in [0.15, 0.2) is 82.3 Å². The molecule has 0 aliphatic heterocycles. The quantitative estimate of drug-likeness (QED) is 0.139. The summed E-state index contributed by atoms with van der Waals surface area (Å²) in [6, 6.07) is 19.1. The molecule has 0 saturated heterocycles. The Labute approximate surface area is 239 Å². The molecular weight excluding hydrogens is 478 g/mol. The van der Waals surface area contributed by atoms with E-state index in [0.29, 0.717) is 0 Å². The molecule has 2 aromatic rings. The molecule has 0 bridgehead atoms. The summed E-state index contributed by atoms with van der Waals surface area (Å²) in [5.41, 5.74) is 8.39. The lowest BCUT2D eigenvalue weighted by Crippen LogP contribution is -2.25. The minimum Gasteiger partial charge on any atom is -0.299 e. The first kappa shape index (κ1) is 32.2. The highest BCUT2D eigenvalue weighted by Crippen LogP contribution is 2.31. The summed E-state index contributed by atoms with van der Waals surface area (Å²) in [6.45, 7) is 16.9. The molecule has 38 heavy (non-hydrogen) atoms. The van der Waals surface area contributed by atoms with Gasteiger partial charge in [-0.05, 0) is 102 Å². The molecule has 1 radical (unpaired) electrons. The zero-order valence-electron chi connectivity index (χ0n) is 25.1. The van der Waals surface area contributed by atoms with Gasteiger partial charge in [0.1, 0.15) is 0 Å². The Balaban J connectivity index is 1.92. The van der Waals surface area contributed by atoms with Crippen LogP contribution in [0.3, 0.4) is 0 Å². The van der Waals surface area contributed by atoms with Crippen molar-refractivity contribution in [2.45, 2.75) is 104 Å². The first-order chi connectivity index (χ1) is 18.4. The van der Waals surface area contributed by atoms with Crippen molar-refractivity contribution in [2.24, 2.45) is 0 Å². The van der Waals surface area contributed by atoms with E-state index >= 15 is 0 Å². The smallest absolute Gasteiger partial charge is 0.0233 e. The van der Waals surface area contributed by atoms with Gasteiger partial charge in [0.25, 0.3) is 0 Å². The van der Waals surface area contributed by atoms with Crippen LogP contribution in [0.1, 0.15) is 98.5 Å². The van der Waals surface area contributed by atoms with Crippen molar-refractivity contribution in [3.8, 4) is 11.1 Å². The van der Waals surface area contributed by atoms with E-state index in [-0.39, 0.29) is 0 Å². The van der Waals surface area contributed by atoms with Crippen molar-refractivity contribution in [2.75, 3.05) is 18.8 Å². The number of unbranched alkanes of at least 4 members (excludes halogenated alkanes) is 2. The summed E-state index contributed by atoms with van der Waals surface area (Å²) in [5.74, 6) is 0.991. The molecule has 0 amide bonds. The number of rotatable bonds is 18. The van der Waals surface area contributed by atoms with Crippen LogP contribution in [-0.2, 0) is 6.54 Å². The average molecular weight is 531 g/mol. The number of benzene rings is 2. The Kier molecular flexibility index (Phi) is 16.2. The van der Waals surface area contributed by atoms with Gasteiger partial charge in [0.15, 0.2) is 0 Å². The van der Waals surface area contributed by atoms with Crippen LogP contribution in [0.5, 0.6) is 0 Å². The van der Waals surface area contributed by atoms with Gasteiger partial charge in [0.05, 0.1) is 0 Å². The molecule has 1 nitrogen and oxygen atoms in total. The molecule has 0 fully saturated rings. The Bertz CT molecular complexity index is 1000. The summed E-state index contributed by atoms with van der Waals surface area (Å²) in [5, 5.41) is 0. The lowest BCUT2D eigenvalue weighted by molar-refractivity contribution is 0.257. The highest BCUT2D eigenvalue weighted by atomic mass is 32.2. The second-order valence-electron chi connectivity index (χ2n) is 10.9. The maximum atomic E-state index is 3.50. The SMILES string of the molecule is CCCCN(CCCC)Cc1ccc(-c2ccc[c]c2SC/C=C(\C)CC/C=C(\C)CCC=C(C)C)cc1. The molecule has 0 aliphatic rings. The molecule has 0 spiro atoms. The molecule has 2 aromatic carbocycles. The molecule has 0 aromatic heterocycles. The molecule has 207 valence electrons. The van der Waals surface area contributed by atoms with Crippen molar-refractivity contribution in [3.05, 3.63) is 89.0 Å². The first-order valence-electron chi connectivity index (χ1n) is 14.8. The van der Waals surface area contributed by atoms with Crippen LogP contribution in [0.2, 0.25) is 0 Å².